The third-order valence-corrected chi connectivity index (χ3v) is 3.07. The van der Waals surface area contributed by atoms with Gasteiger partial charge in [0.1, 0.15) is 5.82 Å². The molecule has 0 aliphatic heterocycles. The first-order chi connectivity index (χ1) is 9.60. The normalized spacial score (nSPS) is 11.3. The lowest BCUT2D eigenvalue weighted by Crippen LogP contribution is -2.04. The van der Waals surface area contributed by atoms with Gasteiger partial charge in [0.25, 0.3) is 0 Å². The van der Waals surface area contributed by atoms with Crippen molar-refractivity contribution in [1.29, 1.82) is 0 Å². The fourth-order valence-electron chi connectivity index (χ4n) is 1.77. The highest BCUT2D eigenvalue weighted by molar-refractivity contribution is 6.31. The van der Waals surface area contributed by atoms with Crippen LogP contribution >= 0.6 is 11.6 Å². The first-order valence-corrected chi connectivity index (χ1v) is 6.51. The standard InChI is InChI=1S/C15H15ClFN3/c1-10(14-9-11(16)3-8-15(14)18-2)19-20-13-6-4-12(17)5-7-13/h3-9,18,20H,1-2H3/b19-10+. The molecule has 0 aliphatic rings. The number of halogens is 2. The number of hydrogen-bond acceptors (Lipinski definition) is 3. The van der Waals surface area contributed by atoms with Crippen LogP contribution in [-0.4, -0.2) is 12.8 Å². The Morgan fingerprint density at radius 3 is 2.50 bits per heavy atom. The van der Waals surface area contributed by atoms with E-state index in [1.54, 1.807) is 12.1 Å². The van der Waals surface area contributed by atoms with Crippen molar-refractivity contribution in [3.05, 3.63) is 58.9 Å². The van der Waals surface area contributed by atoms with Gasteiger partial charge in [-0.1, -0.05) is 11.6 Å². The molecular formula is C15H15ClFN3. The molecule has 2 aromatic carbocycles. The Morgan fingerprint density at radius 1 is 1.15 bits per heavy atom. The number of nitrogens with one attached hydrogen (secondary N) is 2. The molecule has 104 valence electrons. The summed E-state index contributed by atoms with van der Waals surface area (Å²) in [7, 11) is 1.84. The van der Waals surface area contributed by atoms with Crippen molar-refractivity contribution in [1.82, 2.24) is 0 Å². The molecule has 20 heavy (non-hydrogen) atoms. The number of hydrazone groups is 1. The van der Waals surface area contributed by atoms with Crippen LogP contribution in [0, 0.1) is 5.82 Å². The van der Waals surface area contributed by atoms with Crippen molar-refractivity contribution in [2.24, 2.45) is 5.10 Å². The molecular weight excluding hydrogens is 277 g/mol. The van der Waals surface area contributed by atoms with Crippen molar-refractivity contribution in [3.8, 4) is 0 Å². The predicted molar refractivity (Wildman–Crippen MR) is 83.2 cm³/mol. The van der Waals surface area contributed by atoms with Gasteiger partial charge in [0.05, 0.1) is 11.4 Å². The second-order valence-corrected chi connectivity index (χ2v) is 4.69. The van der Waals surface area contributed by atoms with E-state index in [2.05, 4.69) is 15.8 Å². The van der Waals surface area contributed by atoms with Gasteiger partial charge in [-0.3, -0.25) is 5.43 Å². The first kappa shape index (κ1) is 14.3. The molecule has 0 heterocycles. The molecule has 0 atom stereocenters. The molecule has 0 fully saturated rings. The fourth-order valence-corrected chi connectivity index (χ4v) is 1.94. The largest absolute Gasteiger partial charge is 0.388 e. The lowest BCUT2D eigenvalue weighted by atomic mass is 10.1. The highest BCUT2D eigenvalue weighted by Gasteiger charge is 2.05. The Bertz CT molecular complexity index is 624. The maximum absolute atomic E-state index is 12.8. The lowest BCUT2D eigenvalue weighted by molar-refractivity contribution is 0.628. The highest BCUT2D eigenvalue weighted by Crippen LogP contribution is 2.21. The number of benzene rings is 2. The topological polar surface area (TPSA) is 36.4 Å². The summed E-state index contributed by atoms with van der Waals surface area (Å²) in [5.74, 6) is -0.274. The van der Waals surface area contributed by atoms with E-state index in [1.807, 2.05) is 32.2 Å². The first-order valence-electron chi connectivity index (χ1n) is 6.13. The zero-order valence-corrected chi connectivity index (χ0v) is 12.0. The average molecular weight is 292 g/mol. The Labute approximate surface area is 122 Å². The van der Waals surface area contributed by atoms with E-state index in [0.717, 1.165) is 22.6 Å². The molecule has 0 aliphatic carbocycles. The second-order valence-electron chi connectivity index (χ2n) is 4.26. The van der Waals surface area contributed by atoms with Crippen molar-refractivity contribution >= 4 is 28.7 Å². The van der Waals surface area contributed by atoms with Gasteiger partial charge in [0.15, 0.2) is 0 Å². The molecule has 3 nitrogen and oxygen atoms in total. The quantitative estimate of drug-likeness (QED) is 0.649. The van der Waals surface area contributed by atoms with E-state index >= 15 is 0 Å². The summed E-state index contributed by atoms with van der Waals surface area (Å²) >= 11 is 6.01. The van der Waals surface area contributed by atoms with Crippen LogP contribution in [0.1, 0.15) is 12.5 Å². The SMILES string of the molecule is CNc1ccc(Cl)cc1/C(C)=N/Nc1ccc(F)cc1. The van der Waals surface area contributed by atoms with Crippen LogP contribution in [0.3, 0.4) is 0 Å². The molecule has 0 saturated heterocycles. The molecule has 2 aromatic rings. The van der Waals surface area contributed by atoms with Gasteiger partial charge in [-0.2, -0.15) is 5.10 Å². The summed E-state index contributed by atoms with van der Waals surface area (Å²) in [4.78, 5) is 0. The van der Waals surface area contributed by atoms with Gasteiger partial charge in [0, 0.05) is 23.3 Å². The summed E-state index contributed by atoms with van der Waals surface area (Å²) < 4.78 is 12.8. The molecule has 2 N–H and O–H groups in total. The predicted octanol–water partition coefficient (Wildman–Crippen LogP) is 4.36. The van der Waals surface area contributed by atoms with Crippen LogP contribution in [-0.2, 0) is 0 Å². The molecule has 0 amide bonds. The summed E-state index contributed by atoms with van der Waals surface area (Å²) in [5.41, 5.74) is 6.24. The highest BCUT2D eigenvalue weighted by atomic mass is 35.5. The molecule has 5 heteroatoms. The van der Waals surface area contributed by atoms with E-state index in [0.29, 0.717) is 5.02 Å². The molecule has 2 rings (SSSR count). The average Bonchev–Trinajstić information content (AvgIpc) is 2.46. The third-order valence-electron chi connectivity index (χ3n) is 2.84. The van der Waals surface area contributed by atoms with Gasteiger partial charge in [-0.15, -0.1) is 0 Å². The number of anilines is 2. The van der Waals surface area contributed by atoms with Crippen LogP contribution in [0.2, 0.25) is 5.02 Å². The minimum absolute atomic E-state index is 0.274. The number of hydrogen-bond donors (Lipinski definition) is 2. The third kappa shape index (κ3) is 3.48. The molecule has 0 aromatic heterocycles. The zero-order chi connectivity index (χ0) is 14.5. The number of rotatable bonds is 4. The van der Waals surface area contributed by atoms with Crippen LogP contribution < -0.4 is 10.7 Å². The van der Waals surface area contributed by atoms with Gasteiger partial charge in [-0.05, 0) is 49.4 Å². The lowest BCUT2D eigenvalue weighted by Gasteiger charge is -2.10. The van der Waals surface area contributed by atoms with Crippen LogP contribution in [0.5, 0.6) is 0 Å². The summed E-state index contributed by atoms with van der Waals surface area (Å²) in [6.45, 7) is 1.88. The Hall–Kier alpha value is -2.07. The minimum atomic E-state index is -0.274. The van der Waals surface area contributed by atoms with Crippen LogP contribution in [0.15, 0.2) is 47.6 Å². The number of nitrogens with zero attached hydrogens (tertiary/aromatic N) is 1. The van der Waals surface area contributed by atoms with Crippen LogP contribution in [0.25, 0.3) is 0 Å². The van der Waals surface area contributed by atoms with Gasteiger partial charge in [-0.25, -0.2) is 4.39 Å². The van der Waals surface area contributed by atoms with Crippen molar-refractivity contribution in [2.45, 2.75) is 6.92 Å². The fraction of sp³-hybridized carbons (Fsp3) is 0.133. The maximum atomic E-state index is 12.8. The van der Waals surface area contributed by atoms with Gasteiger partial charge < -0.3 is 5.32 Å². The van der Waals surface area contributed by atoms with Gasteiger partial charge >= 0.3 is 0 Å². The summed E-state index contributed by atoms with van der Waals surface area (Å²) in [6, 6.07) is 11.6. The smallest absolute Gasteiger partial charge is 0.123 e. The molecule has 0 radical (unpaired) electrons. The molecule has 0 unspecified atom stereocenters. The molecule has 0 spiro atoms. The van der Waals surface area contributed by atoms with E-state index in [1.165, 1.54) is 12.1 Å². The van der Waals surface area contributed by atoms with Crippen molar-refractivity contribution < 1.29 is 4.39 Å². The van der Waals surface area contributed by atoms with E-state index in [9.17, 15) is 4.39 Å². The Kier molecular flexibility index (Phi) is 4.58. The maximum Gasteiger partial charge on any atom is 0.123 e. The minimum Gasteiger partial charge on any atom is -0.388 e. The summed E-state index contributed by atoms with van der Waals surface area (Å²) in [5, 5.41) is 8.03. The summed E-state index contributed by atoms with van der Waals surface area (Å²) in [6.07, 6.45) is 0. The van der Waals surface area contributed by atoms with Gasteiger partial charge in [0.2, 0.25) is 0 Å². The van der Waals surface area contributed by atoms with Crippen molar-refractivity contribution in [3.63, 3.8) is 0 Å². The monoisotopic (exact) mass is 291 g/mol. The molecule has 0 saturated carbocycles. The van der Waals surface area contributed by atoms with Crippen LogP contribution in [0.4, 0.5) is 15.8 Å². The van der Waals surface area contributed by atoms with E-state index in [-0.39, 0.29) is 5.82 Å². The zero-order valence-electron chi connectivity index (χ0n) is 11.2. The Morgan fingerprint density at radius 2 is 1.85 bits per heavy atom. The molecule has 0 bridgehead atoms. The second kappa shape index (κ2) is 6.39. The Balaban J connectivity index is 2.22. The van der Waals surface area contributed by atoms with Crippen molar-refractivity contribution in [2.75, 3.05) is 17.8 Å². The van der Waals surface area contributed by atoms with E-state index in [4.69, 9.17) is 11.6 Å². The van der Waals surface area contributed by atoms with E-state index < -0.39 is 0 Å².